The topological polar surface area (TPSA) is 46.2 Å². The number of nitrogens with zero attached hydrogens (tertiary/aromatic N) is 2. The molecule has 4 atom stereocenters. The van der Waals surface area contributed by atoms with E-state index in [9.17, 15) is 0 Å². The molecule has 0 aromatic heterocycles. The second-order valence-electron chi connectivity index (χ2n) is 5.83. The zero-order chi connectivity index (χ0) is 19.1. The molecule has 6 nitrogen and oxygen atoms in total. The molecule has 1 aromatic carbocycles. The van der Waals surface area contributed by atoms with Gasteiger partial charge in [0.25, 0.3) is 0 Å². The Morgan fingerprint density at radius 3 is 2.73 bits per heavy atom. The number of ether oxygens (including phenoxy) is 2. The van der Waals surface area contributed by atoms with Crippen LogP contribution in [0.25, 0.3) is 0 Å². The predicted octanol–water partition coefficient (Wildman–Crippen LogP) is 6.78. The monoisotopic (exact) mass is 517 g/mol. The minimum absolute atomic E-state index is 0.0439. The molecule has 1 aromatic rings. The first-order valence-corrected chi connectivity index (χ1v) is 13.7. The van der Waals surface area contributed by atoms with E-state index in [1.165, 1.54) is 8.56 Å². The smallest absolute Gasteiger partial charge is 0.202 e. The Balaban J connectivity index is 1.69. The highest BCUT2D eigenvalue weighted by molar-refractivity contribution is 7.99. The van der Waals surface area contributed by atoms with Crippen molar-refractivity contribution in [2.45, 2.75) is 32.2 Å². The Hall–Kier alpha value is 1.56. The molecule has 0 amide bonds. The maximum Gasteiger partial charge on any atom is 0.202 e. The van der Waals surface area contributed by atoms with E-state index in [-0.39, 0.29) is 15.0 Å². The van der Waals surface area contributed by atoms with E-state index in [0.29, 0.717) is 28.8 Å². The van der Waals surface area contributed by atoms with Crippen molar-refractivity contribution in [2.75, 3.05) is 6.61 Å². The first-order chi connectivity index (χ1) is 12.2. The van der Waals surface area contributed by atoms with Crippen LogP contribution in [0.15, 0.2) is 12.1 Å². The number of hydrogen-bond acceptors (Lipinski definition) is 6. The molecular weight excluding hydrogens is 504 g/mol. The first-order valence-electron chi connectivity index (χ1n) is 7.33. The van der Waals surface area contributed by atoms with Gasteiger partial charge < -0.3 is 14.3 Å². The normalized spacial score (nSPS) is 30.8. The molecule has 0 radical (unpaired) electrons. The summed E-state index contributed by atoms with van der Waals surface area (Å²) in [7, 11) is -2.60. The second-order valence-corrected chi connectivity index (χ2v) is 13.6. The molecule has 0 spiro atoms. The lowest BCUT2D eigenvalue weighted by Gasteiger charge is -2.36. The van der Waals surface area contributed by atoms with Gasteiger partial charge in [-0.2, -0.15) is 0 Å². The number of hydrogen-bond donors (Lipinski definition) is 1. The van der Waals surface area contributed by atoms with Crippen molar-refractivity contribution in [1.82, 2.24) is 13.4 Å². The molecule has 2 heterocycles. The number of nitrogens with one attached hydrogen (secondary N) is 1. The van der Waals surface area contributed by atoms with Crippen LogP contribution in [-0.4, -0.2) is 27.1 Å². The summed E-state index contributed by atoms with van der Waals surface area (Å²) in [5.41, 5.74) is 0.853. The standard InChI is InChI=1S/C12H15Cl5N3O3P3/c1-12(2)21-6-8(22-12)5-7-3-4-9(11(14)10(7)13)23-20-24-18-25(16)19(15)26(20)17/h3-4,8,18,24H,5-6H2,1-2H3. The lowest BCUT2D eigenvalue weighted by atomic mass is 10.1. The van der Waals surface area contributed by atoms with Crippen LogP contribution in [0.1, 0.15) is 19.4 Å². The van der Waals surface area contributed by atoms with Gasteiger partial charge in [-0.25, -0.2) is 4.86 Å². The summed E-state index contributed by atoms with van der Waals surface area (Å²) in [4.78, 5) is 8.80. The van der Waals surface area contributed by atoms with Crippen LogP contribution in [0.3, 0.4) is 0 Å². The molecule has 0 bridgehead atoms. The zero-order valence-corrected chi connectivity index (χ0v) is 20.1. The Bertz CT molecular complexity index is 676. The van der Waals surface area contributed by atoms with Gasteiger partial charge in [-0.05, 0) is 37.3 Å². The summed E-state index contributed by atoms with van der Waals surface area (Å²) in [6.07, 6.45) is 0.505. The van der Waals surface area contributed by atoms with Gasteiger partial charge in [0.05, 0.1) is 26.6 Å². The highest BCUT2D eigenvalue weighted by Gasteiger charge is 2.37. The van der Waals surface area contributed by atoms with Crippen molar-refractivity contribution < 1.29 is 14.3 Å². The SMILES string of the molecule is CC1(C)OCC(Cc2ccc(ON3PNP(Cl)N(Cl)P3Cl)c(Cl)c2Cl)O1. The van der Waals surface area contributed by atoms with Crippen LogP contribution >= 0.6 is 81.5 Å². The van der Waals surface area contributed by atoms with Crippen molar-refractivity contribution >= 4 is 81.5 Å². The lowest BCUT2D eigenvalue weighted by molar-refractivity contribution is -0.138. The van der Waals surface area contributed by atoms with Crippen LogP contribution in [-0.2, 0) is 15.9 Å². The second kappa shape index (κ2) is 9.14. The molecule has 0 aliphatic carbocycles. The van der Waals surface area contributed by atoms with E-state index in [4.69, 9.17) is 71.8 Å². The average Bonchev–Trinajstić information content (AvgIpc) is 2.93. The van der Waals surface area contributed by atoms with Gasteiger partial charge in [-0.15, -0.1) is 3.96 Å². The fourth-order valence-electron chi connectivity index (χ4n) is 2.36. The minimum Gasteiger partial charge on any atom is -0.394 e. The molecule has 2 aliphatic heterocycles. The molecule has 2 saturated heterocycles. The summed E-state index contributed by atoms with van der Waals surface area (Å²) in [6.45, 7) is 4.26. The van der Waals surface area contributed by atoms with Crippen LogP contribution in [0.5, 0.6) is 5.75 Å². The third-order valence-corrected chi connectivity index (χ3v) is 13.1. The minimum atomic E-state index is -1.44. The third kappa shape index (κ3) is 5.18. The third-order valence-electron chi connectivity index (χ3n) is 3.50. The van der Waals surface area contributed by atoms with Crippen molar-refractivity contribution in [3.63, 3.8) is 0 Å². The van der Waals surface area contributed by atoms with E-state index in [1.807, 2.05) is 19.9 Å². The van der Waals surface area contributed by atoms with E-state index >= 15 is 0 Å². The van der Waals surface area contributed by atoms with Gasteiger partial charge >= 0.3 is 0 Å². The molecule has 2 fully saturated rings. The molecular formula is C12H15Cl5N3O3P3. The van der Waals surface area contributed by atoms with Crippen LogP contribution in [0, 0.1) is 0 Å². The van der Waals surface area contributed by atoms with Gasteiger partial charge in [0.2, 0.25) is 7.58 Å². The summed E-state index contributed by atoms with van der Waals surface area (Å²) in [5, 5.41) is 0.707. The summed E-state index contributed by atoms with van der Waals surface area (Å²) in [5.74, 6) is -0.198. The first kappa shape index (κ1) is 22.2. The summed E-state index contributed by atoms with van der Waals surface area (Å²) in [6, 6.07) is 3.59. The van der Waals surface area contributed by atoms with Gasteiger partial charge in [-0.3, -0.25) is 0 Å². The number of benzene rings is 1. The van der Waals surface area contributed by atoms with Gasteiger partial charge in [0.1, 0.15) is 5.02 Å². The molecule has 0 saturated carbocycles. The Morgan fingerprint density at radius 1 is 1.35 bits per heavy atom. The van der Waals surface area contributed by atoms with Crippen LogP contribution in [0.2, 0.25) is 10.0 Å². The Labute approximate surface area is 180 Å². The molecule has 3 rings (SSSR count). The fraction of sp³-hybridized carbons (Fsp3) is 0.500. The molecule has 146 valence electrons. The summed E-state index contributed by atoms with van der Waals surface area (Å²) >= 11 is 31.2. The maximum atomic E-state index is 6.43. The highest BCUT2D eigenvalue weighted by Crippen LogP contribution is 2.70. The predicted molar refractivity (Wildman–Crippen MR) is 112 cm³/mol. The van der Waals surface area contributed by atoms with Crippen molar-refractivity contribution in [1.29, 1.82) is 0 Å². The van der Waals surface area contributed by atoms with E-state index in [0.717, 1.165) is 5.56 Å². The number of halogens is 5. The molecule has 4 unspecified atom stereocenters. The van der Waals surface area contributed by atoms with Crippen molar-refractivity contribution in [3.8, 4) is 5.75 Å². The lowest BCUT2D eigenvalue weighted by Crippen LogP contribution is -2.24. The molecule has 1 N–H and O–H groups in total. The average molecular weight is 519 g/mol. The zero-order valence-electron chi connectivity index (χ0n) is 13.5. The van der Waals surface area contributed by atoms with Crippen LogP contribution in [0.4, 0.5) is 0 Å². The van der Waals surface area contributed by atoms with E-state index in [2.05, 4.69) is 4.86 Å². The van der Waals surface area contributed by atoms with Crippen molar-refractivity contribution in [3.05, 3.63) is 27.7 Å². The van der Waals surface area contributed by atoms with E-state index in [1.54, 1.807) is 6.07 Å². The van der Waals surface area contributed by atoms with Crippen LogP contribution < -0.4 is 9.70 Å². The fourth-order valence-corrected chi connectivity index (χ4v) is 9.57. The molecule has 14 heteroatoms. The quantitative estimate of drug-likeness (QED) is 0.350. The molecule has 26 heavy (non-hydrogen) atoms. The summed E-state index contributed by atoms with van der Waals surface area (Å²) < 4.78 is 14.2. The number of rotatable bonds is 4. The van der Waals surface area contributed by atoms with Gasteiger partial charge in [0, 0.05) is 6.42 Å². The van der Waals surface area contributed by atoms with E-state index < -0.39 is 20.9 Å². The maximum absolute atomic E-state index is 6.43. The van der Waals surface area contributed by atoms with Gasteiger partial charge in [0.15, 0.2) is 19.1 Å². The Kier molecular flexibility index (Phi) is 7.83. The largest absolute Gasteiger partial charge is 0.394 e. The van der Waals surface area contributed by atoms with Crippen molar-refractivity contribution in [2.24, 2.45) is 0 Å². The molecule has 2 aliphatic rings. The highest BCUT2D eigenvalue weighted by atomic mass is 35.7. The Morgan fingerprint density at radius 2 is 2.08 bits per heavy atom. The van der Waals surface area contributed by atoms with Gasteiger partial charge in [-0.1, -0.05) is 56.4 Å².